The van der Waals surface area contributed by atoms with Gasteiger partial charge in [0, 0.05) is 23.4 Å². The van der Waals surface area contributed by atoms with E-state index >= 15 is 0 Å². The number of aryl methyl sites for hydroxylation is 2. The molecule has 1 aliphatic rings. The lowest BCUT2D eigenvalue weighted by Crippen LogP contribution is -2.33. The second kappa shape index (κ2) is 8.44. The molecule has 3 rings (SSSR count). The van der Waals surface area contributed by atoms with Crippen molar-refractivity contribution in [3.05, 3.63) is 53.1 Å². The maximum Gasteiger partial charge on any atom is 0.238 e. The zero-order valence-electron chi connectivity index (χ0n) is 16.5. The number of nitrogens with zero attached hydrogens (tertiary/aromatic N) is 1. The highest BCUT2D eigenvalue weighted by molar-refractivity contribution is 5.93. The van der Waals surface area contributed by atoms with Gasteiger partial charge in [0.1, 0.15) is 11.5 Å². The van der Waals surface area contributed by atoms with Gasteiger partial charge in [0.25, 0.3) is 0 Å². The molecular weight excluding hydrogens is 340 g/mol. The van der Waals surface area contributed by atoms with Crippen molar-refractivity contribution in [1.82, 2.24) is 4.90 Å². The topological polar surface area (TPSA) is 50.8 Å². The fraction of sp³-hybridized carbons (Fsp3) is 0.409. The minimum atomic E-state index is 0.0202. The summed E-state index contributed by atoms with van der Waals surface area (Å²) in [5, 5.41) is 3.09. The summed E-state index contributed by atoms with van der Waals surface area (Å²) in [6, 6.07) is 12.1. The van der Waals surface area contributed by atoms with E-state index in [4.69, 9.17) is 9.47 Å². The molecule has 1 amide bonds. The van der Waals surface area contributed by atoms with Gasteiger partial charge in [-0.3, -0.25) is 9.69 Å². The van der Waals surface area contributed by atoms with Crippen LogP contribution in [0, 0.1) is 13.8 Å². The number of hydrogen-bond donors (Lipinski definition) is 1. The van der Waals surface area contributed by atoms with Gasteiger partial charge in [-0.15, -0.1) is 0 Å². The number of benzene rings is 2. The lowest BCUT2D eigenvalue weighted by Gasteiger charge is -2.26. The van der Waals surface area contributed by atoms with Gasteiger partial charge < -0.3 is 14.8 Å². The van der Waals surface area contributed by atoms with Gasteiger partial charge in [-0.25, -0.2) is 0 Å². The van der Waals surface area contributed by atoms with Gasteiger partial charge in [0.2, 0.25) is 5.91 Å². The molecule has 1 unspecified atom stereocenters. The molecule has 27 heavy (non-hydrogen) atoms. The summed E-state index contributed by atoms with van der Waals surface area (Å²) in [7, 11) is 3.32. The number of ether oxygens (including phenoxy) is 2. The number of carbonyl (C=O) groups is 1. The molecule has 1 saturated heterocycles. The Morgan fingerprint density at radius 3 is 2.56 bits per heavy atom. The average molecular weight is 368 g/mol. The van der Waals surface area contributed by atoms with E-state index in [-0.39, 0.29) is 11.9 Å². The van der Waals surface area contributed by atoms with Crippen LogP contribution in [-0.2, 0) is 4.79 Å². The molecule has 0 spiro atoms. The second-order valence-corrected chi connectivity index (χ2v) is 7.05. The minimum Gasteiger partial charge on any atom is -0.497 e. The Hall–Kier alpha value is -2.53. The summed E-state index contributed by atoms with van der Waals surface area (Å²) < 4.78 is 10.9. The summed E-state index contributed by atoms with van der Waals surface area (Å²) in [6.07, 6.45) is 2.08. The lowest BCUT2D eigenvalue weighted by atomic mass is 10.0. The van der Waals surface area contributed by atoms with Crippen molar-refractivity contribution < 1.29 is 14.3 Å². The highest BCUT2D eigenvalue weighted by Gasteiger charge is 2.30. The molecule has 1 N–H and O–H groups in total. The fourth-order valence-electron chi connectivity index (χ4n) is 3.84. The molecule has 144 valence electrons. The third-order valence-corrected chi connectivity index (χ3v) is 5.26. The highest BCUT2D eigenvalue weighted by atomic mass is 16.5. The number of likely N-dealkylation sites (tertiary alicyclic amines) is 1. The van der Waals surface area contributed by atoms with Gasteiger partial charge in [-0.05, 0) is 50.4 Å². The van der Waals surface area contributed by atoms with Crippen LogP contribution < -0.4 is 14.8 Å². The maximum absolute atomic E-state index is 12.7. The molecule has 5 heteroatoms. The predicted molar refractivity (Wildman–Crippen MR) is 108 cm³/mol. The Labute approximate surface area is 161 Å². The van der Waals surface area contributed by atoms with Crippen LogP contribution in [-0.4, -0.2) is 38.1 Å². The smallest absolute Gasteiger partial charge is 0.238 e. The Morgan fingerprint density at radius 2 is 1.89 bits per heavy atom. The minimum absolute atomic E-state index is 0.0202. The summed E-state index contributed by atoms with van der Waals surface area (Å²) in [5.41, 5.74) is 4.19. The fourth-order valence-corrected chi connectivity index (χ4v) is 3.84. The SMILES string of the molecule is COc1ccc(C2CCCN2CC(=O)Nc2c(C)cccc2C)c(OC)c1. The van der Waals surface area contributed by atoms with Crippen molar-refractivity contribution in [1.29, 1.82) is 0 Å². The Balaban J connectivity index is 1.74. The zero-order chi connectivity index (χ0) is 19.4. The van der Waals surface area contributed by atoms with Crippen LogP contribution in [0.2, 0.25) is 0 Å². The molecular formula is C22H28N2O3. The normalized spacial score (nSPS) is 17.0. The molecule has 2 aromatic rings. The molecule has 0 radical (unpaired) electrons. The van der Waals surface area contributed by atoms with E-state index in [9.17, 15) is 4.79 Å². The van der Waals surface area contributed by atoms with Crippen LogP contribution in [0.15, 0.2) is 36.4 Å². The standard InChI is InChI=1S/C22H28N2O3/c1-15-7-5-8-16(2)22(15)23-21(25)14-24-12-6-9-19(24)18-11-10-17(26-3)13-20(18)27-4/h5,7-8,10-11,13,19H,6,9,12,14H2,1-4H3,(H,23,25). The number of rotatable bonds is 6. The third kappa shape index (κ3) is 4.25. The van der Waals surface area contributed by atoms with Crippen LogP contribution in [0.25, 0.3) is 0 Å². The van der Waals surface area contributed by atoms with E-state index in [1.54, 1.807) is 14.2 Å². The van der Waals surface area contributed by atoms with Crippen LogP contribution in [0.1, 0.15) is 35.6 Å². The number of hydrogen-bond acceptors (Lipinski definition) is 4. The zero-order valence-corrected chi connectivity index (χ0v) is 16.5. The first-order valence-electron chi connectivity index (χ1n) is 9.35. The quantitative estimate of drug-likeness (QED) is 0.834. The predicted octanol–water partition coefficient (Wildman–Crippen LogP) is 4.10. The Kier molecular flexibility index (Phi) is 6.01. The molecule has 1 atom stereocenters. The van der Waals surface area contributed by atoms with Crippen molar-refractivity contribution in [3.8, 4) is 11.5 Å². The number of amides is 1. The number of anilines is 1. The first-order valence-corrected chi connectivity index (χ1v) is 9.35. The van der Waals surface area contributed by atoms with Gasteiger partial charge in [-0.1, -0.05) is 24.3 Å². The largest absolute Gasteiger partial charge is 0.497 e. The van der Waals surface area contributed by atoms with E-state index < -0.39 is 0 Å². The molecule has 1 aliphatic heterocycles. The van der Waals surface area contributed by atoms with E-state index in [0.29, 0.717) is 6.54 Å². The van der Waals surface area contributed by atoms with Gasteiger partial charge in [-0.2, -0.15) is 0 Å². The van der Waals surface area contributed by atoms with Crippen LogP contribution >= 0.6 is 0 Å². The van der Waals surface area contributed by atoms with Crippen molar-refractivity contribution in [2.45, 2.75) is 32.7 Å². The molecule has 0 aliphatic carbocycles. The monoisotopic (exact) mass is 368 g/mol. The van der Waals surface area contributed by atoms with Crippen molar-refractivity contribution >= 4 is 11.6 Å². The van der Waals surface area contributed by atoms with Crippen LogP contribution in [0.3, 0.4) is 0 Å². The summed E-state index contributed by atoms with van der Waals surface area (Å²) in [6.45, 7) is 5.31. The van der Waals surface area contributed by atoms with Crippen molar-refractivity contribution in [2.24, 2.45) is 0 Å². The van der Waals surface area contributed by atoms with E-state index in [0.717, 1.165) is 53.3 Å². The number of methoxy groups -OCH3 is 2. The van der Waals surface area contributed by atoms with Crippen LogP contribution in [0.5, 0.6) is 11.5 Å². The first-order chi connectivity index (χ1) is 13.0. The molecule has 0 bridgehead atoms. The average Bonchev–Trinajstić information content (AvgIpc) is 3.12. The maximum atomic E-state index is 12.7. The molecule has 2 aromatic carbocycles. The lowest BCUT2D eigenvalue weighted by molar-refractivity contribution is -0.117. The first kappa shape index (κ1) is 19.2. The van der Waals surface area contributed by atoms with Crippen molar-refractivity contribution in [2.75, 3.05) is 32.6 Å². The Bertz CT molecular complexity index is 799. The molecule has 0 saturated carbocycles. The number of para-hydroxylation sites is 1. The Morgan fingerprint density at radius 1 is 1.15 bits per heavy atom. The van der Waals surface area contributed by atoms with Gasteiger partial charge in [0.15, 0.2) is 0 Å². The highest BCUT2D eigenvalue weighted by Crippen LogP contribution is 2.38. The number of carbonyl (C=O) groups excluding carboxylic acids is 1. The van der Waals surface area contributed by atoms with E-state index in [1.807, 2.05) is 50.2 Å². The molecule has 5 nitrogen and oxygen atoms in total. The molecule has 1 fully saturated rings. The third-order valence-electron chi connectivity index (χ3n) is 5.26. The van der Waals surface area contributed by atoms with Crippen LogP contribution in [0.4, 0.5) is 5.69 Å². The summed E-state index contributed by atoms with van der Waals surface area (Å²) >= 11 is 0. The second-order valence-electron chi connectivity index (χ2n) is 7.05. The molecule has 1 heterocycles. The van der Waals surface area contributed by atoms with E-state index in [2.05, 4.69) is 10.2 Å². The summed E-state index contributed by atoms with van der Waals surface area (Å²) in [5.74, 6) is 1.60. The van der Waals surface area contributed by atoms with Gasteiger partial charge in [0.05, 0.1) is 20.8 Å². The van der Waals surface area contributed by atoms with E-state index in [1.165, 1.54) is 0 Å². The molecule has 0 aromatic heterocycles. The number of nitrogens with one attached hydrogen (secondary N) is 1. The summed E-state index contributed by atoms with van der Waals surface area (Å²) in [4.78, 5) is 14.9. The van der Waals surface area contributed by atoms with Gasteiger partial charge >= 0.3 is 0 Å². The van der Waals surface area contributed by atoms with Crippen molar-refractivity contribution in [3.63, 3.8) is 0 Å².